The molecule has 0 aliphatic rings. The smallest absolute Gasteiger partial charge is 0.242 e. The minimum atomic E-state index is -0.402. The van der Waals surface area contributed by atoms with E-state index in [-0.39, 0.29) is 5.91 Å². The van der Waals surface area contributed by atoms with Crippen molar-refractivity contribution in [1.29, 1.82) is 0 Å². The van der Waals surface area contributed by atoms with E-state index in [9.17, 15) is 4.79 Å². The van der Waals surface area contributed by atoms with Crippen molar-refractivity contribution in [2.24, 2.45) is 0 Å². The van der Waals surface area contributed by atoms with Crippen LogP contribution in [0, 0.1) is 0 Å². The maximum Gasteiger partial charge on any atom is 0.242 e. The number of aromatic nitrogens is 2. The summed E-state index contributed by atoms with van der Waals surface area (Å²) in [4.78, 5) is 19.8. The van der Waals surface area contributed by atoms with Gasteiger partial charge in [0.2, 0.25) is 11.8 Å². The molecule has 7 nitrogen and oxygen atoms in total. The summed E-state index contributed by atoms with van der Waals surface area (Å²) in [6.07, 6.45) is 2.31. The summed E-state index contributed by atoms with van der Waals surface area (Å²) in [6, 6.07) is 1.27. The molecule has 0 bridgehead atoms. The molecule has 7 heteroatoms. The molecule has 0 aliphatic carbocycles. The van der Waals surface area contributed by atoms with Crippen LogP contribution in [0.15, 0.2) is 12.4 Å². The molecule has 0 saturated carbocycles. The van der Waals surface area contributed by atoms with Gasteiger partial charge in [0.1, 0.15) is 18.2 Å². The number of methoxy groups -OCH3 is 1. The van der Waals surface area contributed by atoms with Gasteiger partial charge in [-0.2, -0.15) is 0 Å². The molecular weight excluding hydrogens is 260 g/mol. The van der Waals surface area contributed by atoms with Crippen LogP contribution in [-0.4, -0.2) is 48.8 Å². The molecule has 112 valence electrons. The van der Waals surface area contributed by atoms with Gasteiger partial charge >= 0.3 is 0 Å². The second-order valence-electron chi connectivity index (χ2n) is 4.24. The lowest BCUT2D eigenvalue weighted by atomic mass is 10.3. The van der Waals surface area contributed by atoms with Crippen molar-refractivity contribution >= 4 is 11.7 Å². The molecule has 20 heavy (non-hydrogen) atoms. The first kappa shape index (κ1) is 16.2. The molecule has 1 rings (SSSR count). The van der Waals surface area contributed by atoms with Crippen molar-refractivity contribution in [3.05, 3.63) is 12.4 Å². The minimum absolute atomic E-state index is 0.114. The summed E-state index contributed by atoms with van der Waals surface area (Å²) in [5.41, 5.74) is 0. The van der Waals surface area contributed by atoms with Crippen molar-refractivity contribution in [1.82, 2.24) is 15.3 Å². The summed E-state index contributed by atoms with van der Waals surface area (Å²) in [7, 11) is 1.59. The lowest BCUT2D eigenvalue weighted by Gasteiger charge is -2.14. The normalized spacial score (nSPS) is 11.8. The zero-order valence-corrected chi connectivity index (χ0v) is 12.2. The minimum Gasteiger partial charge on any atom is -0.478 e. The molecule has 1 amide bonds. The molecule has 1 unspecified atom stereocenters. The van der Waals surface area contributed by atoms with Crippen LogP contribution in [-0.2, 0) is 9.53 Å². The highest BCUT2D eigenvalue weighted by Gasteiger charge is 2.12. The Labute approximate surface area is 119 Å². The molecule has 2 N–H and O–H groups in total. The third-order valence-electron chi connectivity index (χ3n) is 2.46. The first-order chi connectivity index (χ1) is 9.67. The van der Waals surface area contributed by atoms with E-state index in [0.29, 0.717) is 31.5 Å². The van der Waals surface area contributed by atoms with E-state index in [4.69, 9.17) is 9.47 Å². The van der Waals surface area contributed by atoms with Crippen molar-refractivity contribution < 1.29 is 14.3 Å². The van der Waals surface area contributed by atoms with Gasteiger partial charge in [-0.15, -0.1) is 0 Å². The molecule has 0 spiro atoms. The topological polar surface area (TPSA) is 85.4 Å². The predicted octanol–water partition coefficient (Wildman–Crippen LogP) is 0.828. The zero-order valence-electron chi connectivity index (χ0n) is 12.2. The Balaban J connectivity index is 2.48. The SMILES string of the molecule is CCCOc1cc(NC(C)C(=O)NCCOC)ncn1. The largest absolute Gasteiger partial charge is 0.478 e. The number of rotatable bonds is 9. The number of anilines is 1. The molecule has 0 aromatic carbocycles. The van der Waals surface area contributed by atoms with Crippen LogP contribution in [0.5, 0.6) is 5.88 Å². The lowest BCUT2D eigenvalue weighted by molar-refractivity contribution is -0.121. The Bertz CT molecular complexity index is 414. The molecule has 0 saturated heterocycles. The Kier molecular flexibility index (Phi) is 7.34. The van der Waals surface area contributed by atoms with Crippen LogP contribution in [0.4, 0.5) is 5.82 Å². The number of nitrogens with one attached hydrogen (secondary N) is 2. The van der Waals surface area contributed by atoms with Gasteiger partial charge in [0.15, 0.2) is 0 Å². The van der Waals surface area contributed by atoms with Gasteiger partial charge in [-0.3, -0.25) is 4.79 Å². The predicted molar refractivity (Wildman–Crippen MR) is 75.8 cm³/mol. The van der Waals surface area contributed by atoms with Gasteiger partial charge in [0, 0.05) is 19.7 Å². The van der Waals surface area contributed by atoms with Gasteiger partial charge in [-0.1, -0.05) is 6.92 Å². The van der Waals surface area contributed by atoms with Gasteiger partial charge < -0.3 is 20.1 Å². The van der Waals surface area contributed by atoms with E-state index >= 15 is 0 Å². The van der Waals surface area contributed by atoms with Gasteiger partial charge in [-0.05, 0) is 13.3 Å². The Hall–Kier alpha value is -1.89. The summed E-state index contributed by atoms with van der Waals surface area (Å²) in [5, 5.41) is 5.75. The standard InChI is InChI=1S/C13H22N4O3/c1-4-6-20-12-8-11(15-9-16-12)17-10(2)13(18)14-5-7-19-3/h8-10H,4-7H2,1-3H3,(H,14,18)(H,15,16,17). The van der Waals surface area contributed by atoms with Crippen LogP contribution in [0.1, 0.15) is 20.3 Å². The fourth-order valence-corrected chi connectivity index (χ4v) is 1.42. The molecule has 1 heterocycles. The summed E-state index contributed by atoms with van der Waals surface area (Å²) in [5.74, 6) is 0.938. The van der Waals surface area contributed by atoms with Crippen molar-refractivity contribution in [3.63, 3.8) is 0 Å². The first-order valence-corrected chi connectivity index (χ1v) is 6.65. The number of nitrogens with zero attached hydrogens (tertiary/aromatic N) is 2. The number of amides is 1. The third kappa shape index (κ3) is 5.83. The Morgan fingerprint density at radius 3 is 2.90 bits per heavy atom. The Morgan fingerprint density at radius 2 is 2.20 bits per heavy atom. The number of ether oxygens (including phenoxy) is 2. The van der Waals surface area contributed by atoms with E-state index in [2.05, 4.69) is 20.6 Å². The highest BCUT2D eigenvalue weighted by atomic mass is 16.5. The van der Waals surface area contributed by atoms with E-state index in [0.717, 1.165) is 6.42 Å². The second-order valence-corrected chi connectivity index (χ2v) is 4.24. The van der Waals surface area contributed by atoms with Crippen molar-refractivity contribution in [2.45, 2.75) is 26.3 Å². The number of carbonyl (C=O) groups is 1. The van der Waals surface area contributed by atoms with E-state index in [1.165, 1.54) is 6.33 Å². The average Bonchev–Trinajstić information content (AvgIpc) is 2.45. The lowest BCUT2D eigenvalue weighted by Crippen LogP contribution is -2.39. The van der Waals surface area contributed by atoms with E-state index < -0.39 is 6.04 Å². The zero-order chi connectivity index (χ0) is 14.8. The van der Waals surface area contributed by atoms with Crippen molar-refractivity contribution in [2.75, 3.05) is 32.2 Å². The van der Waals surface area contributed by atoms with E-state index in [1.807, 2.05) is 6.92 Å². The molecule has 1 aromatic rings. The molecule has 0 fully saturated rings. The summed E-state index contributed by atoms with van der Waals surface area (Å²) < 4.78 is 10.3. The first-order valence-electron chi connectivity index (χ1n) is 6.65. The maximum atomic E-state index is 11.8. The fourth-order valence-electron chi connectivity index (χ4n) is 1.42. The number of carbonyl (C=O) groups excluding carboxylic acids is 1. The Morgan fingerprint density at radius 1 is 1.40 bits per heavy atom. The summed E-state index contributed by atoms with van der Waals surface area (Å²) in [6.45, 7) is 5.35. The van der Waals surface area contributed by atoms with Crippen LogP contribution in [0.25, 0.3) is 0 Å². The summed E-state index contributed by atoms with van der Waals surface area (Å²) >= 11 is 0. The monoisotopic (exact) mass is 282 g/mol. The van der Waals surface area contributed by atoms with Crippen LogP contribution < -0.4 is 15.4 Å². The van der Waals surface area contributed by atoms with Crippen LogP contribution >= 0.6 is 0 Å². The second kappa shape index (κ2) is 9.08. The third-order valence-corrected chi connectivity index (χ3v) is 2.46. The quantitative estimate of drug-likeness (QED) is 0.652. The van der Waals surface area contributed by atoms with Gasteiger partial charge in [-0.25, -0.2) is 9.97 Å². The highest BCUT2D eigenvalue weighted by molar-refractivity contribution is 5.83. The van der Waals surface area contributed by atoms with Crippen LogP contribution in [0.3, 0.4) is 0 Å². The average molecular weight is 282 g/mol. The maximum absolute atomic E-state index is 11.8. The molecule has 0 radical (unpaired) electrons. The fraction of sp³-hybridized carbons (Fsp3) is 0.615. The van der Waals surface area contributed by atoms with Crippen molar-refractivity contribution in [3.8, 4) is 5.88 Å². The number of hydrogen-bond donors (Lipinski definition) is 2. The van der Waals surface area contributed by atoms with Gasteiger partial charge in [0.05, 0.1) is 13.2 Å². The number of hydrogen-bond acceptors (Lipinski definition) is 6. The molecular formula is C13H22N4O3. The molecule has 0 aliphatic heterocycles. The van der Waals surface area contributed by atoms with Crippen LogP contribution in [0.2, 0.25) is 0 Å². The van der Waals surface area contributed by atoms with E-state index in [1.54, 1.807) is 20.1 Å². The molecule has 1 aromatic heterocycles. The van der Waals surface area contributed by atoms with Gasteiger partial charge in [0.25, 0.3) is 0 Å². The molecule has 1 atom stereocenters. The highest BCUT2D eigenvalue weighted by Crippen LogP contribution is 2.12.